The minimum atomic E-state index is -0.252. The smallest absolute Gasteiger partial charge is 0.255 e. The van der Waals surface area contributed by atoms with Gasteiger partial charge in [-0.3, -0.25) is 4.79 Å². The van der Waals surface area contributed by atoms with Gasteiger partial charge in [0.2, 0.25) is 0 Å². The van der Waals surface area contributed by atoms with Crippen molar-refractivity contribution in [1.82, 2.24) is 9.47 Å². The third-order valence-electron chi connectivity index (χ3n) is 4.30. The maximum absolute atomic E-state index is 13.1. The molecule has 0 radical (unpaired) electrons. The van der Waals surface area contributed by atoms with Gasteiger partial charge in [0.15, 0.2) is 0 Å². The second-order valence-corrected chi connectivity index (χ2v) is 5.59. The number of aromatic nitrogens is 1. The Balaban J connectivity index is 1.98. The fourth-order valence-corrected chi connectivity index (χ4v) is 2.90. The van der Waals surface area contributed by atoms with Crippen molar-refractivity contribution in [2.24, 2.45) is 7.05 Å². The van der Waals surface area contributed by atoms with Crippen molar-refractivity contribution in [3.8, 4) is 11.3 Å². The van der Waals surface area contributed by atoms with Crippen molar-refractivity contribution in [3.05, 3.63) is 47.4 Å². The fraction of sp³-hybridized carbons (Fsp3) is 0.353. The van der Waals surface area contributed by atoms with Gasteiger partial charge >= 0.3 is 0 Å². The quantitative estimate of drug-likeness (QED) is 0.831. The summed E-state index contributed by atoms with van der Waals surface area (Å²) in [4.78, 5) is 14.5. The highest BCUT2D eigenvalue weighted by Crippen LogP contribution is 2.26. The molecular weight excluding hydrogens is 267 g/mol. The largest absolute Gasteiger partial charge is 0.347 e. The lowest BCUT2D eigenvalue weighted by Gasteiger charge is -2.14. The van der Waals surface area contributed by atoms with Crippen molar-refractivity contribution in [2.45, 2.75) is 19.8 Å². The van der Waals surface area contributed by atoms with E-state index in [-0.39, 0.29) is 11.7 Å². The zero-order valence-corrected chi connectivity index (χ0v) is 12.4. The Morgan fingerprint density at radius 1 is 1.14 bits per heavy atom. The van der Waals surface area contributed by atoms with Crippen LogP contribution in [0.2, 0.25) is 0 Å². The molecular formula is C17H19FN2O. The van der Waals surface area contributed by atoms with Gasteiger partial charge in [0.1, 0.15) is 5.82 Å². The predicted octanol–water partition coefficient (Wildman–Crippen LogP) is 3.38. The van der Waals surface area contributed by atoms with E-state index < -0.39 is 0 Å². The maximum atomic E-state index is 13.1. The summed E-state index contributed by atoms with van der Waals surface area (Å²) in [7, 11) is 1.94. The van der Waals surface area contributed by atoms with E-state index in [2.05, 4.69) is 0 Å². The van der Waals surface area contributed by atoms with Crippen molar-refractivity contribution >= 4 is 5.91 Å². The van der Waals surface area contributed by atoms with Gasteiger partial charge in [0, 0.05) is 31.5 Å². The van der Waals surface area contributed by atoms with Crippen LogP contribution in [0.3, 0.4) is 0 Å². The molecule has 0 saturated carbocycles. The van der Waals surface area contributed by atoms with Crippen LogP contribution in [-0.2, 0) is 7.05 Å². The van der Waals surface area contributed by atoms with Crippen molar-refractivity contribution < 1.29 is 9.18 Å². The Kier molecular flexibility index (Phi) is 3.53. The molecule has 2 heterocycles. The van der Waals surface area contributed by atoms with Gasteiger partial charge in [-0.05, 0) is 55.7 Å². The predicted molar refractivity (Wildman–Crippen MR) is 80.7 cm³/mol. The molecule has 2 aromatic rings. The molecule has 1 aliphatic rings. The molecule has 110 valence electrons. The van der Waals surface area contributed by atoms with Crippen LogP contribution in [0.15, 0.2) is 30.3 Å². The summed E-state index contributed by atoms with van der Waals surface area (Å²) in [5.41, 5.74) is 3.56. The highest BCUT2D eigenvalue weighted by atomic mass is 19.1. The van der Waals surface area contributed by atoms with E-state index in [0.717, 1.165) is 48.4 Å². The first-order chi connectivity index (χ1) is 10.1. The minimum absolute atomic E-state index is 0.106. The zero-order valence-electron chi connectivity index (χ0n) is 12.4. The molecule has 0 N–H and O–H groups in total. The van der Waals surface area contributed by atoms with Gasteiger partial charge < -0.3 is 9.47 Å². The molecule has 1 aromatic carbocycles. The van der Waals surface area contributed by atoms with E-state index in [4.69, 9.17) is 0 Å². The maximum Gasteiger partial charge on any atom is 0.255 e. The number of halogens is 1. The summed E-state index contributed by atoms with van der Waals surface area (Å²) in [5, 5.41) is 0. The molecule has 0 unspecified atom stereocenters. The number of nitrogens with zero attached hydrogens (tertiary/aromatic N) is 2. The average molecular weight is 286 g/mol. The Hall–Kier alpha value is -2.10. The molecule has 0 bridgehead atoms. The van der Waals surface area contributed by atoms with Crippen LogP contribution < -0.4 is 0 Å². The van der Waals surface area contributed by atoms with Crippen molar-refractivity contribution in [3.63, 3.8) is 0 Å². The lowest BCUT2D eigenvalue weighted by Crippen LogP contribution is -2.27. The molecule has 3 rings (SSSR count). The second kappa shape index (κ2) is 5.35. The fourth-order valence-electron chi connectivity index (χ4n) is 2.90. The number of amides is 1. The molecule has 0 aliphatic carbocycles. The van der Waals surface area contributed by atoms with Gasteiger partial charge in [0.05, 0.1) is 5.56 Å². The van der Waals surface area contributed by atoms with E-state index in [1.165, 1.54) is 12.1 Å². The van der Waals surface area contributed by atoms with E-state index in [1.807, 2.05) is 29.5 Å². The van der Waals surface area contributed by atoms with Gasteiger partial charge in [0.25, 0.3) is 5.91 Å². The van der Waals surface area contributed by atoms with Gasteiger partial charge in [-0.1, -0.05) is 0 Å². The summed E-state index contributed by atoms with van der Waals surface area (Å²) >= 11 is 0. The normalized spacial score (nSPS) is 14.7. The number of hydrogen-bond donors (Lipinski definition) is 0. The lowest BCUT2D eigenvalue weighted by molar-refractivity contribution is 0.0792. The first kappa shape index (κ1) is 13.9. The first-order valence-electron chi connectivity index (χ1n) is 7.29. The highest BCUT2D eigenvalue weighted by Gasteiger charge is 2.23. The van der Waals surface area contributed by atoms with Crippen LogP contribution in [0, 0.1) is 12.7 Å². The number of hydrogen-bond acceptors (Lipinski definition) is 1. The van der Waals surface area contributed by atoms with Crippen molar-refractivity contribution in [2.75, 3.05) is 13.1 Å². The number of likely N-dealkylation sites (tertiary alicyclic amines) is 1. The number of benzene rings is 1. The molecule has 4 heteroatoms. The summed E-state index contributed by atoms with van der Waals surface area (Å²) in [6.45, 7) is 3.65. The van der Waals surface area contributed by atoms with Gasteiger partial charge in [-0.25, -0.2) is 4.39 Å². The molecule has 1 amide bonds. The van der Waals surface area contributed by atoms with E-state index in [0.29, 0.717) is 0 Å². The topological polar surface area (TPSA) is 25.2 Å². The van der Waals surface area contributed by atoms with Gasteiger partial charge in [-0.15, -0.1) is 0 Å². The van der Waals surface area contributed by atoms with Crippen LogP contribution >= 0.6 is 0 Å². The molecule has 1 saturated heterocycles. The Labute approximate surface area is 124 Å². The van der Waals surface area contributed by atoms with E-state index >= 15 is 0 Å². The average Bonchev–Trinajstić information content (AvgIpc) is 3.10. The van der Waals surface area contributed by atoms with Crippen LogP contribution in [0.25, 0.3) is 11.3 Å². The Morgan fingerprint density at radius 2 is 1.76 bits per heavy atom. The third kappa shape index (κ3) is 2.46. The molecule has 0 atom stereocenters. The standard InChI is InChI=1S/C17H19FN2O/c1-12-15(17(21)20-9-3-4-10-20)11-16(19(12)2)13-5-7-14(18)8-6-13/h5-8,11H,3-4,9-10H2,1-2H3. The number of carbonyl (C=O) groups excluding carboxylic acids is 1. The van der Waals surface area contributed by atoms with Gasteiger partial charge in [-0.2, -0.15) is 0 Å². The van der Waals surface area contributed by atoms with Crippen LogP contribution in [0.5, 0.6) is 0 Å². The number of carbonyl (C=O) groups is 1. The summed E-state index contributed by atoms with van der Waals surface area (Å²) in [6, 6.07) is 8.30. The van der Waals surface area contributed by atoms with Crippen molar-refractivity contribution in [1.29, 1.82) is 0 Å². The third-order valence-corrected chi connectivity index (χ3v) is 4.30. The summed E-state index contributed by atoms with van der Waals surface area (Å²) in [6.07, 6.45) is 2.17. The second-order valence-electron chi connectivity index (χ2n) is 5.59. The molecule has 3 nitrogen and oxygen atoms in total. The summed E-state index contributed by atoms with van der Waals surface area (Å²) < 4.78 is 15.0. The number of rotatable bonds is 2. The lowest BCUT2D eigenvalue weighted by atomic mass is 10.1. The van der Waals surface area contributed by atoms with E-state index in [1.54, 1.807) is 12.1 Å². The van der Waals surface area contributed by atoms with E-state index in [9.17, 15) is 9.18 Å². The molecule has 1 aliphatic heterocycles. The van der Waals surface area contributed by atoms with Crippen LogP contribution in [0.4, 0.5) is 4.39 Å². The Bertz CT molecular complexity index is 667. The zero-order chi connectivity index (χ0) is 15.0. The molecule has 1 fully saturated rings. The van der Waals surface area contributed by atoms with Crippen LogP contribution in [0.1, 0.15) is 28.9 Å². The Morgan fingerprint density at radius 3 is 2.38 bits per heavy atom. The van der Waals surface area contributed by atoms with Crippen LogP contribution in [-0.4, -0.2) is 28.5 Å². The monoisotopic (exact) mass is 286 g/mol. The summed E-state index contributed by atoms with van der Waals surface area (Å²) in [5.74, 6) is -0.146. The molecule has 1 aromatic heterocycles. The first-order valence-corrected chi connectivity index (χ1v) is 7.29. The SMILES string of the molecule is Cc1c(C(=O)N2CCCC2)cc(-c2ccc(F)cc2)n1C. The minimum Gasteiger partial charge on any atom is -0.347 e. The molecule has 0 spiro atoms. The molecule has 21 heavy (non-hydrogen) atoms. The highest BCUT2D eigenvalue weighted by molar-refractivity contribution is 5.97.